The molecule has 0 spiro atoms. The number of aromatic nitrogens is 2. The van der Waals surface area contributed by atoms with E-state index in [1.807, 2.05) is 6.07 Å². The fraction of sp³-hybridized carbons (Fsp3) is 0.179. The molecule has 1 saturated carbocycles. The summed E-state index contributed by atoms with van der Waals surface area (Å²) in [7, 11) is 6.86. The molecule has 0 saturated heterocycles. The summed E-state index contributed by atoms with van der Waals surface area (Å²) in [6.45, 7) is 0. The molecule has 4 aromatic rings. The maximum Gasteiger partial charge on any atom is 0.413 e. The zero-order valence-corrected chi connectivity index (χ0v) is 23.0. The Morgan fingerprint density at radius 2 is 1.75 bits per heavy atom. The van der Waals surface area contributed by atoms with Crippen LogP contribution in [0.3, 0.4) is 0 Å². The summed E-state index contributed by atoms with van der Waals surface area (Å²) in [4.78, 5) is 7.59. The number of alkyl halides is 3. The summed E-state index contributed by atoms with van der Waals surface area (Å²) in [5.74, 6) is -3.10. The quantitative estimate of drug-likeness (QED) is 0.112. The Hall–Kier alpha value is -4.68. The van der Waals surface area contributed by atoms with Crippen molar-refractivity contribution in [3.63, 3.8) is 0 Å². The van der Waals surface area contributed by atoms with E-state index in [4.69, 9.17) is 19.4 Å². The second-order valence-corrected chi connectivity index (χ2v) is 10.7. The van der Waals surface area contributed by atoms with Crippen LogP contribution in [0.2, 0.25) is 5.02 Å². The largest absolute Gasteiger partial charge is 0.413 e. The lowest BCUT2D eigenvalue weighted by atomic mass is 9.69. The number of hydrogen-bond acceptors (Lipinski definition) is 8. The van der Waals surface area contributed by atoms with Gasteiger partial charge in [-0.15, -0.1) is 5.53 Å². The molecule has 0 amide bonds. The van der Waals surface area contributed by atoms with Crippen molar-refractivity contribution >= 4 is 47.4 Å². The zero-order chi connectivity index (χ0) is 31.4. The molecular formula is C28H18BClF6N8. The molecule has 1 unspecified atom stereocenters. The number of rotatable bonds is 7. The number of hydrogen-bond donors (Lipinski definition) is 4. The molecule has 2 aromatic heterocycles. The van der Waals surface area contributed by atoms with Crippen LogP contribution in [0.1, 0.15) is 24.0 Å². The van der Waals surface area contributed by atoms with Crippen molar-refractivity contribution in [2.24, 2.45) is 0 Å². The third kappa shape index (κ3) is 4.99. The van der Waals surface area contributed by atoms with Crippen molar-refractivity contribution in [2.45, 2.75) is 30.0 Å². The average Bonchev–Trinajstić information content (AvgIpc) is 3.65. The van der Waals surface area contributed by atoms with Crippen molar-refractivity contribution in [2.75, 3.05) is 10.6 Å². The number of fused-ring (bicyclic) bond motifs is 1. The molecule has 2 aromatic carbocycles. The maximum absolute atomic E-state index is 13.9. The molecule has 3 heterocycles. The number of nitriles is 1. The number of nitrogens with zero attached hydrogens (tertiary/aromatic N) is 4. The molecule has 4 N–H and O–H groups in total. The number of benzene rings is 2. The molecule has 1 atom stereocenters. The predicted molar refractivity (Wildman–Crippen MR) is 151 cm³/mol. The Bertz CT molecular complexity index is 1860. The molecular weight excluding hydrogens is 609 g/mol. The molecule has 6 rings (SSSR count). The molecule has 16 heteroatoms. The van der Waals surface area contributed by atoms with Crippen LogP contribution in [0.4, 0.5) is 43.4 Å². The Balaban J connectivity index is 1.45. The zero-order valence-electron chi connectivity index (χ0n) is 22.2. The minimum Gasteiger partial charge on any atom is -0.378 e. The Kier molecular flexibility index (Phi) is 7.01. The third-order valence-electron chi connectivity index (χ3n) is 7.46. The van der Waals surface area contributed by atoms with Crippen LogP contribution in [-0.2, 0) is 5.44 Å². The maximum atomic E-state index is 13.9. The number of hydrazine groups is 2. The lowest BCUT2D eigenvalue weighted by Crippen LogP contribution is -2.53. The van der Waals surface area contributed by atoms with Gasteiger partial charge in [0.05, 0.1) is 44.8 Å². The highest BCUT2D eigenvalue weighted by molar-refractivity contribution is 6.36. The second kappa shape index (κ2) is 10.5. The van der Waals surface area contributed by atoms with Gasteiger partial charge in [0.25, 0.3) is 0 Å². The number of pyridine rings is 2. The Morgan fingerprint density at radius 1 is 1.02 bits per heavy atom. The summed E-state index contributed by atoms with van der Waals surface area (Å²) in [5.41, 5.74) is 2.27. The summed E-state index contributed by atoms with van der Waals surface area (Å²) in [6.07, 6.45) is -1.33. The highest BCUT2D eigenvalue weighted by Gasteiger charge is 2.67. The van der Waals surface area contributed by atoms with Crippen molar-refractivity contribution in [3.8, 4) is 6.07 Å². The first-order valence-electron chi connectivity index (χ1n) is 12.9. The normalized spacial score (nSPS) is 17.0. The van der Waals surface area contributed by atoms with Crippen LogP contribution in [0, 0.1) is 28.9 Å². The summed E-state index contributed by atoms with van der Waals surface area (Å²) >= 11 is 6.57. The van der Waals surface area contributed by atoms with Crippen LogP contribution >= 0.6 is 11.6 Å². The van der Waals surface area contributed by atoms with Gasteiger partial charge in [0.1, 0.15) is 19.7 Å². The predicted octanol–water partition coefficient (Wildman–Crippen LogP) is 6.01. The summed E-state index contributed by atoms with van der Waals surface area (Å²) < 4.78 is 82.8. The molecule has 0 bridgehead atoms. The van der Waals surface area contributed by atoms with E-state index in [9.17, 15) is 31.6 Å². The highest BCUT2D eigenvalue weighted by Crippen LogP contribution is 2.54. The van der Waals surface area contributed by atoms with Gasteiger partial charge in [0.15, 0.2) is 11.4 Å². The second-order valence-electron chi connectivity index (χ2n) is 10.3. The summed E-state index contributed by atoms with van der Waals surface area (Å²) in [6, 6.07) is 10.8. The van der Waals surface area contributed by atoms with Crippen LogP contribution < -0.4 is 21.6 Å². The first kappa shape index (κ1) is 29.4. The van der Waals surface area contributed by atoms with Gasteiger partial charge in [-0.05, 0) is 42.7 Å². The highest BCUT2D eigenvalue weighted by atomic mass is 35.5. The summed E-state index contributed by atoms with van der Waals surface area (Å²) in [5, 5.41) is 16.9. The van der Waals surface area contributed by atoms with Crippen molar-refractivity contribution in [3.05, 3.63) is 100 Å². The lowest BCUT2D eigenvalue weighted by molar-refractivity contribution is -0.195. The van der Waals surface area contributed by atoms with E-state index in [0.29, 0.717) is 0 Å². The number of nitrogens with one attached hydrogen (secondary N) is 4. The van der Waals surface area contributed by atoms with E-state index in [0.717, 1.165) is 29.4 Å². The molecule has 8 nitrogen and oxygen atoms in total. The van der Waals surface area contributed by atoms with Gasteiger partial charge in [-0.3, -0.25) is 9.99 Å². The fourth-order valence-electron chi connectivity index (χ4n) is 4.94. The lowest BCUT2D eigenvalue weighted by Gasteiger charge is -2.34. The first-order chi connectivity index (χ1) is 20.8. The van der Waals surface area contributed by atoms with Crippen molar-refractivity contribution in [1.29, 1.82) is 5.26 Å². The van der Waals surface area contributed by atoms with Gasteiger partial charge in [0.2, 0.25) is 5.95 Å². The average molecular weight is 627 g/mol. The molecule has 2 aliphatic rings. The smallest absolute Gasteiger partial charge is 0.378 e. The van der Waals surface area contributed by atoms with Crippen molar-refractivity contribution in [1.82, 2.24) is 25.9 Å². The van der Waals surface area contributed by atoms with Crippen LogP contribution in [0.25, 0.3) is 10.9 Å². The van der Waals surface area contributed by atoms with Gasteiger partial charge in [0, 0.05) is 29.5 Å². The van der Waals surface area contributed by atoms with Gasteiger partial charge >= 0.3 is 6.18 Å². The molecule has 222 valence electrons. The number of halogens is 7. The Morgan fingerprint density at radius 3 is 2.39 bits per heavy atom. The van der Waals surface area contributed by atoms with Gasteiger partial charge in [-0.1, -0.05) is 23.7 Å². The SMILES string of the molecule is [B]C(Nc1cc(Cl)c2ncc(C#N)c(Nc3cnc(F)c(F)c3)c2c1)(C1=CN(C2(C(F)(F)F)CC2)NN1)c1ccc(F)cc1. The van der Waals surface area contributed by atoms with E-state index in [1.54, 1.807) is 0 Å². The van der Waals surface area contributed by atoms with Gasteiger partial charge in [-0.25, -0.2) is 13.8 Å². The van der Waals surface area contributed by atoms with Gasteiger partial charge in [-0.2, -0.15) is 22.8 Å². The molecule has 1 aliphatic carbocycles. The van der Waals surface area contributed by atoms with Crippen LogP contribution in [0.5, 0.6) is 0 Å². The Labute approximate surface area is 252 Å². The van der Waals surface area contributed by atoms with E-state index < -0.39 is 34.7 Å². The van der Waals surface area contributed by atoms with E-state index in [2.05, 4.69) is 31.6 Å². The van der Waals surface area contributed by atoms with Gasteiger partial charge < -0.3 is 16.1 Å². The topological polar surface area (TPSA) is 101 Å². The number of anilines is 3. The first-order valence-corrected chi connectivity index (χ1v) is 13.3. The van der Waals surface area contributed by atoms with E-state index in [1.165, 1.54) is 36.7 Å². The van der Waals surface area contributed by atoms with E-state index in [-0.39, 0.29) is 62.7 Å². The molecule has 1 aliphatic heterocycles. The standard InChI is InChI=1S/C28H18BClF6N8/c29-27(15-1-3-16(31)4-2-15,22-13-44(43-42-22)26(5-6-26)28(34,35)36)41-17-7-19-23(40-18-9-21(32)25(33)39-12-18)14(10-37)11-38-24(19)20(30)8-17/h1-4,7-9,11-13,41-43H,5-6H2,(H,38,40). The molecule has 1 fully saturated rings. The third-order valence-corrected chi connectivity index (χ3v) is 7.75. The van der Waals surface area contributed by atoms with Crippen molar-refractivity contribution < 1.29 is 26.3 Å². The van der Waals surface area contributed by atoms with Crippen LogP contribution in [0.15, 0.2) is 66.8 Å². The van der Waals surface area contributed by atoms with E-state index >= 15 is 0 Å². The minimum absolute atomic E-state index is 0.0204. The van der Waals surface area contributed by atoms with Crippen LogP contribution in [-0.4, -0.2) is 34.5 Å². The minimum atomic E-state index is -4.53. The fourth-order valence-corrected chi connectivity index (χ4v) is 5.21. The monoisotopic (exact) mass is 626 g/mol. The molecule has 44 heavy (non-hydrogen) atoms. The molecule has 2 radical (unpaired) electrons.